The van der Waals surface area contributed by atoms with Crippen molar-refractivity contribution in [3.8, 4) is 0 Å². The number of carbonyl (C=O) groups excluding carboxylic acids is 4. The van der Waals surface area contributed by atoms with E-state index in [9.17, 15) is 19.2 Å². The summed E-state index contributed by atoms with van der Waals surface area (Å²) in [6.45, 7) is 6.42. The topological polar surface area (TPSA) is 137 Å². The van der Waals surface area contributed by atoms with Crippen LogP contribution in [0.15, 0.2) is 34.3 Å². The van der Waals surface area contributed by atoms with Gasteiger partial charge in [-0.25, -0.2) is 0 Å². The molecule has 1 aliphatic heterocycles. The van der Waals surface area contributed by atoms with Crippen LogP contribution in [0.25, 0.3) is 0 Å². The van der Waals surface area contributed by atoms with E-state index < -0.39 is 49.6 Å². The van der Waals surface area contributed by atoms with Crippen LogP contribution in [-0.2, 0) is 44.6 Å². The summed E-state index contributed by atoms with van der Waals surface area (Å²) in [5.41, 5.74) is 0. The molecular weight excluding hydrogens is 599 g/mol. The molecule has 1 atom stereocenters. The van der Waals surface area contributed by atoms with Gasteiger partial charge in [0.15, 0.2) is 0 Å². The maximum absolute atomic E-state index is 12.8. The van der Waals surface area contributed by atoms with Gasteiger partial charge in [-0.2, -0.15) is 0 Å². The molecule has 164 valence electrons. The molecule has 1 aliphatic rings. The first-order valence-electron chi connectivity index (χ1n) is 8.99. The molecular formula is C18H22O11Pb. The molecule has 1 unspecified atom stereocenters. The number of furan rings is 1. The van der Waals surface area contributed by atoms with Gasteiger partial charge >= 0.3 is 179 Å². The van der Waals surface area contributed by atoms with Gasteiger partial charge in [-0.15, -0.1) is 0 Å². The van der Waals surface area contributed by atoms with Crippen molar-refractivity contribution < 1.29 is 45.9 Å². The summed E-state index contributed by atoms with van der Waals surface area (Å²) < 4.78 is 36.1. The molecule has 0 fully saturated rings. The Morgan fingerprint density at radius 2 is 1.50 bits per heavy atom. The van der Waals surface area contributed by atoms with Crippen LogP contribution in [-0.4, -0.2) is 59.6 Å². The van der Waals surface area contributed by atoms with E-state index in [0.29, 0.717) is 0 Å². The Hall–Kier alpha value is -2.58. The minimum absolute atomic E-state index is 0.0230. The summed E-state index contributed by atoms with van der Waals surface area (Å²) in [6.07, 6.45) is 1.25. The third-order valence-corrected chi connectivity index (χ3v) is 15.7. The normalized spacial score (nSPS) is 18.5. The Balaban J connectivity index is 2.95. The zero-order valence-corrected chi connectivity index (χ0v) is 21.0. The van der Waals surface area contributed by atoms with Crippen LogP contribution in [0, 0.1) is 0 Å². The Bertz CT molecular complexity index is 817. The van der Waals surface area contributed by atoms with Gasteiger partial charge in [0.25, 0.3) is 0 Å². The van der Waals surface area contributed by atoms with Gasteiger partial charge in [0.1, 0.15) is 0 Å². The molecule has 2 heterocycles. The number of hydrogen-bond donors (Lipinski definition) is 0. The van der Waals surface area contributed by atoms with Gasteiger partial charge in [-0.05, 0) is 0 Å². The van der Waals surface area contributed by atoms with E-state index in [4.69, 9.17) is 26.7 Å². The van der Waals surface area contributed by atoms with E-state index in [2.05, 4.69) is 0 Å². The molecule has 0 bridgehead atoms. The van der Waals surface area contributed by atoms with Gasteiger partial charge in [0, 0.05) is 0 Å². The fourth-order valence-corrected chi connectivity index (χ4v) is 13.9. The fraction of sp³-hybridized carbons (Fsp3) is 0.444. The van der Waals surface area contributed by atoms with Crippen LogP contribution in [0.4, 0.5) is 0 Å². The summed E-state index contributed by atoms with van der Waals surface area (Å²) >= 11 is -6.18. The second-order valence-electron chi connectivity index (χ2n) is 5.91. The number of cyclic esters (lactones) is 1. The predicted molar refractivity (Wildman–Crippen MR) is 97.8 cm³/mol. The van der Waals surface area contributed by atoms with Crippen molar-refractivity contribution >= 4 is 46.4 Å². The molecule has 0 amide bonds. The van der Waals surface area contributed by atoms with Crippen molar-refractivity contribution in [3.63, 3.8) is 0 Å². The molecule has 1 aromatic heterocycles. The van der Waals surface area contributed by atoms with Crippen molar-refractivity contribution in [2.24, 2.45) is 0 Å². The van der Waals surface area contributed by atoms with Crippen molar-refractivity contribution in [2.45, 2.75) is 37.8 Å². The first-order chi connectivity index (χ1) is 14.1. The quantitative estimate of drug-likeness (QED) is 0.293. The molecule has 0 spiro atoms. The molecule has 0 N–H and O–H groups in total. The van der Waals surface area contributed by atoms with E-state index in [0.717, 1.165) is 20.8 Å². The SMILES string of the molecule is CCOC1=C(OCC)[C](c2ccco2)([Pb]([O]C(C)=O)([O]C(C)=O)[O]C(C)=O)OC1=O. The average molecular weight is 622 g/mol. The maximum atomic E-state index is 12.8. The molecule has 1 aromatic rings. The summed E-state index contributed by atoms with van der Waals surface area (Å²) in [5.74, 6) is -4.51. The summed E-state index contributed by atoms with van der Waals surface area (Å²) in [6, 6.07) is 2.84. The Morgan fingerprint density at radius 1 is 0.967 bits per heavy atom. The summed E-state index contributed by atoms with van der Waals surface area (Å²) in [5, 5.41) is 0. The van der Waals surface area contributed by atoms with Crippen molar-refractivity contribution in [1.82, 2.24) is 0 Å². The van der Waals surface area contributed by atoms with E-state index in [1.165, 1.54) is 18.4 Å². The fourth-order valence-electron chi connectivity index (χ4n) is 2.90. The van der Waals surface area contributed by atoms with Gasteiger partial charge in [0.2, 0.25) is 0 Å². The molecule has 11 nitrogen and oxygen atoms in total. The molecule has 0 saturated carbocycles. The summed E-state index contributed by atoms with van der Waals surface area (Å²) in [4.78, 5) is 48.9. The molecule has 0 aliphatic carbocycles. The molecule has 0 aromatic carbocycles. The van der Waals surface area contributed by atoms with E-state index in [-0.39, 0.29) is 30.5 Å². The standard InChI is InChI=1S/C12H13O5.3C2H4O2.Pb/c1-3-14-10-9(8-6-5-7-16-8)17-12(13)11(10)15-4-2;3*1-2(3)4;/h5-7H,3-4H2,1-2H3;3*1H3,(H,3,4);/q;;;;+3/p-3. The van der Waals surface area contributed by atoms with Crippen LogP contribution in [0.3, 0.4) is 0 Å². The predicted octanol–water partition coefficient (Wildman–Crippen LogP) is 1.48. The van der Waals surface area contributed by atoms with Gasteiger partial charge in [-0.3, -0.25) is 0 Å². The third kappa shape index (κ3) is 4.29. The zero-order valence-electron chi connectivity index (χ0n) is 17.1. The van der Waals surface area contributed by atoms with Gasteiger partial charge in [-0.1, -0.05) is 0 Å². The van der Waals surface area contributed by atoms with Crippen LogP contribution in [0.2, 0.25) is 0 Å². The Morgan fingerprint density at radius 3 is 1.90 bits per heavy atom. The van der Waals surface area contributed by atoms with E-state index in [1.54, 1.807) is 13.8 Å². The number of carbonyl (C=O) groups is 4. The van der Waals surface area contributed by atoms with Crippen LogP contribution < -0.4 is 0 Å². The van der Waals surface area contributed by atoms with Crippen LogP contribution in [0.5, 0.6) is 0 Å². The number of esters is 1. The van der Waals surface area contributed by atoms with E-state index in [1.807, 2.05) is 0 Å². The van der Waals surface area contributed by atoms with E-state index >= 15 is 0 Å². The molecule has 2 rings (SSSR count). The Kier molecular flexibility index (Phi) is 7.50. The number of ether oxygens (including phenoxy) is 3. The molecule has 12 heteroatoms. The number of rotatable bonds is 9. The van der Waals surface area contributed by atoms with Crippen LogP contribution in [0.1, 0.15) is 40.4 Å². The van der Waals surface area contributed by atoms with Crippen molar-refractivity contribution in [1.29, 1.82) is 0 Å². The van der Waals surface area contributed by atoms with Crippen molar-refractivity contribution in [2.75, 3.05) is 13.2 Å². The Labute approximate surface area is 178 Å². The van der Waals surface area contributed by atoms with Gasteiger partial charge < -0.3 is 0 Å². The first kappa shape index (κ1) is 23.7. The zero-order chi connectivity index (χ0) is 22.5. The van der Waals surface area contributed by atoms with Crippen molar-refractivity contribution in [3.05, 3.63) is 35.7 Å². The molecule has 0 saturated heterocycles. The molecule has 0 radical (unpaired) electrons. The second-order valence-corrected chi connectivity index (χ2v) is 15.4. The molecule has 30 heavy (non-hydrogen) atoms. The average Bonchev–Trinajstić information content (AvgIpc) is 3.23. The monoisotopic (exact) mass is 622 g/mol. The minimum atomic E-state index is -6.18. The first-order valence-corrected chi connectivity index (χ1v) is 15.7. The second kappa shape index (κ2) is 9.49. The summed E-state index contributed by atoms with van der Waals surface area (Å²) in [7, 11) is 0. The third-order valence-electron chi connectivity index (χ3n) is 3.67. The number of hydrogen-bond acceptors (Lipinski definition) is 11. The van der Waals surface area contributed by atoms with Gasteiger partial charge in [0.05, 0.1) is 0 Å². The van der Waals surface area contributed by atoms with Crippen LogP contribution >= 0.6 is 0 Å².